The van der Waals surface area contributed by atoms with Gasteiger partial charge in [-0.05, 0) is 67.9 Å². The zero-order chi connectivity index (χ0) is 21.1. The Morgan fingerprint density at radius 3 is 2.50 bits per heavy atom. The number of carbonyl (C=O) groups is 1. The van der Waals surface area contributed by atoms with E-state index in [2.05, 4.69) is 17.4 Å². The summed E-state index contributed by atoms with van der Waals surface area (Å²) in [5, 5.41) is 3.15. The van der Waals surface area contributed by atoms with Gasteiger partial charge in [0.25, 0.3) is 5.91 Å². The molecule has 0 spiro atoms. The lowest BCUT2D eigenvalue weighted by atomic mass is 9.87. The van der Waals surface area contributed by atoms with Gasteiger partial charge in [0, 0.05) is 18.7 Å². The van der Waals surface area contributed by atoms with Crippen LogP contribution in [-0.4, -0.2) is 31.7 Å². The average Bonchev–Trinajstić information content (AvgIpc) is 3.04. The van der Waals surface area contributed by atoms with Gasteiger partial charge in [0.2, 0.25) is 10.0 Å². The summed E-state index contributed by atoms with van der Waals surface area (Å²) >= 11 is 0. The molecule has 1 atom stereocenters. The van der Waals surface area contributed by atoms with Crippen molar-refractivity contribution in [1.29, 1.82) is 0 Å². The molecule has 0 bridgehead atoms. The van der Waals surface area contributed by atoms with Crippen LogP contribution >= 0.6 is 0 Å². The van der Waals surface area contributed by atoms with Crippen molar-refractivity contribution < 1.29 is 13.2 Å². The van der Waals surface area contributed by atoms with Gasteiger partial charge < -0.3 is 5.32 Å². The van der Waals surface area contributed by atoms with Crippen LogP contribution in [0.25, 0.3) is 0 Å². The van der Waals surface area contributed by atoms with E-state index in [0.29, 0.717) is 18.7 Å². The Bertz CT molecular complexity index is 1020. The van der Waals surface area contributed by atoms with E-state index in [1.165, 1.54) is 11.1 Å². The molecule has 1 fully saturated rings. The molecule has 30 heavy (non-hydrogen) atoms. The van der Waals surface area contributed by atoms with Crippen LogP contribution in [0.5, 0.6) is 0 Å². The van der Waals surface area contributed by atoms with Crippen molar-refractivity contribution in [1.82, 2.24) is 9.62 Å². The molecule has 1 N–H and O–H groups in total. The number of nitrogens with zero attached hydrogens (tertiary/aromatic N) is 1. The molecule has 0 saturated carbocycles. The topological polar surface area (TPSA) is 66.5 Å². The van der Waals surface area contributed by atoms with Crippen molar-refractivity contribution in [3.63, 3.8) is 0 Å². The van der Waals surface area contributed by atoms with Crippen molar-refractivity contribution in [3.8, 4) is 0 Å². The maximum atomic E-state index is 13.2. The molecule has 1 heterocycles. The molecule has 2 aliphatic rings. The van der Waals surface area contributed by atoms with Gasteiger partial charge in [0.15, 0.2) is 0 Å². The summed E-state index contributed by atoms with van der Waals surface area (Å²) < 4.78 is 27.9. The Hall–Kier alpha value is -2.18. The minimum atomic E-state index is -3.59. The largest absolute Gasteiger partial charge is 0.345 e. The number of aryl methyl sites for hydroxylation is 2. The number of hydrogen-bond donors (Lipinski definition) is 1. The standard InChI is InChI=1S/C24H30N2O3S/c1-18-13-14-20(30(28,29)26-15-6-2-3-7-16-26)17-22(18)24(27)25-23-12-8-10-19-9-4-5-11-21(19)23/h4-5,9,11,13-14,17,23H,2-3,6-8,10,12,15-16H2,1H3,(H,25,27)/t23-/m1/s1. The summed E-state index contributed by atoms with van der Waals surface area (Å²) in [6.07, 6.45) is 6.87. The van der Waals surface area contributed by atoms with Crippen LogP contribution < -0.4 is 5.32 Å². The monoisotopic (exact) mass is 426 g/mol. The fourth-order valence-electron chi connectivity index (χ4n) is 4.58. The molecule has 4 rings (SSSR count). The van der Waals surface area contributed by atoms with Gasteiger partial charge in [0.1, 0.15) is 0 Å². The minimum absolute atomic E-state index is 0.0345. The van der Waals surface area contributed by atoms with Crippen molar-refractivity contribution in [2.45, 2.75) is 62.8 Å². The second-order valence-corrected chi connectivity index (χ2v) is 10.4. The van der Waals surface area contributed by atoms with Crippen molar-refractivity contribution in [2.75, 3.05) is 13.1 Å². The van der Waals surface area contributed by atoms with Gasteiger partial charge >= 0.3 is 0 Å². The van der Waals surface area contributed by atoms with E-state index in [0.717, 1.165) is 50.5 Å². The van der Waals surface area contributed by atoms with Crippen molar-refractivity contribution in [3.05, 3.63) is 64.7 Å². The Morgan fingerprint density at radius 2 is 1.73 bits per heavy atom. The molecule has 160 valence electrons. The summed E-state index contributed by atoms with van der Waals surface area (Å²) in [4.78, 5) is 13.3. The Balaban J connectivity index is 1.58. The molecule has 2 aromatic rings. The normalized spacial score (nSPS) is 20.2. The van der Waals surface area contributed by atoms with E-state index >= 15 is 0 Å². The van der Waals surface area contributed by atoms with Crippen LogP contribution in [0.15, 0.2) is 47.4 Å². The summed E-state index contributed by atoms with van der Waals surface area (Å²) in [6, 6.07) is 13.1. The second-order valence-electron chi connectivity index (χ2n) is 8.41. The highest BCUT2D eigenvalue weighted by atomic mass is 32.2. The van der Waals surface area contributed by atoms with Crippen LogP contribution in [0.3, 0.4) is 0 Å². The SMILES string of the molecule is Cc1ccc(S(=O)(=O)N2CCCCCC2)cc1C(=O)N[C@@H]1CCCc2ccccc21. The first-order chi connectivity index (χ1) is 14.5. The maximum absolute atomic E-state index is 13.2. The molecule has 1 aliphatic carbocycles. The van der Waals surface area contributed by atoms with Gasteiger partial charge in [-0.1, -0.05) is 43.2 Å². The molecule has 1 amide bonds. The summed E-state index contributed by atoms with van der Waals surface area (Å²) in [5.74, 6) is -0.206. The van der Waals surface area contributed by atoms with E-state index < -0.39 is 10.0 Å². The lowest BCUT2D eigenvalue weighted by molar-refractivity contribution is 0.0932. The van der Waals surface area contributed by atoms with Gasteiger partial charge in [0.05, 0.1) is 10.9 Å². The summed E-state index contributed by atoms with van der Waals surface area (Å²) in [6.45, 7) is 2.96. The number of carbonyl (C=O) groups excluding carboxylic acids is 1. The number of nitrogens with one attached hydrogen (secondary N) is 1. The second kappa shape index (κ2) is 8.90. The van der Waals surface area contributed by atoms with Crippen molar-refractivity contribution in [2.24, 2.45) is 0 Å². The Labute approximate surface area is 179 Å². The smallest absolute Gasteiger partial charge is 0.252 e. The lowest BCUT2D eigenvalue weighted by Crippen LogP contribution is -2.33. The number of benzene rings is 2. The van der Waals surface area contributed by atoms with Gasteiger partial charge in [-0.2, -0.15) is 4.31 Å². The van der Waals surface area contributed by atoms with Crippen LogP contribution in [0.2, 0.25) is 0 Å². The summed E-state index contributed by atoms with van der Waals surface area (Å²) in [7, 11) is -3.59. The zero-order valence-corrected chi connectivity index (χ0v) is 18.4. The number of sulfonamides is 1. The molecule has 1 saturated heterocycles. The van der Waals surface area contributed by atoms with E-state index in [1.807, 2.05) is 19.1 Å². The molecule has 5 nitrogen and oxygen atoms in total. The molecule has 0 aromatic heterocycles. The van der Waals surface area contributed by atoms with E-state index in [1.54, 1.807) is 22.5 Å². The van der Waals surface area contributed by atoms with E-state index in [-0.39, 0.29) is 16.8 Å². The fourth-order valence-corrected chi connectivity index (χ4v) is 6.12. The zero-order valence-electron chi connectivity index (χ0n) is 17.6. The van der Waals surface area contributed by atoms with Crippen LogP contribution in [0, 0.1) is 6.92 Å². The molecular formula is C24H30N2O3S. The first-order valence-electron chi connectivity index (χ1n) is 11.0. The number of rotatable bonds is 4. The highest BCUT2D eigenvalue weighted by molar-refractivity contribution is 7.89. The molecule has 0 radical (unpaired) electrons. The molecule has 6 heteroatoms. The highest BCUT2D eigenvalue weighted by Gasteiger charge is 2.27. The average molecular weight is 427 g/mol. The van der Waals surface area contributed by atoms with Gasteiger partial charge in [-0.3, -0.25) is 4.79 Å². The van der Waals surface area contributed by atoms with E-state index in [4.69, 9.17) is 0 Å². The van der Waals surface area contributed by atoms with Gasteiger partial charge in [-0.15, -0.1) is 0 Å². The lowest BCUT2D eigenvalue weighted by Gasteiger charge is -2.27. The molecule has 2 aromatic carbocycles. The minimum Gasteiger partial charge on any atom is -0.345 e. The Morgan fingerprint density at radius 1 is 1.00 bits per heavy atom. The maximum Gasteiger partial charge on any atom is 0.252 e. The van der Waals surface area contributed by atoms with Gasteiger partial charge in [-0.25, -0.2) is 8.42 Å². The predicted octanol–water partition coefficient (Wildman–Crippen LogP) is 4.37. The third kappa shape index (κ3) is 4.30. The third-order valence-electron chi connectivity index (χ3n) is 6.33. The van der Waals surface area contributed by atoms with Crippen LogP contribution in [0.4, 0.5) is 0 Å². The predicted molar refractivity (Wildman–Crippen MR) is 118 cm³/mol. The molecular weight excluding hydrogens is 396 g/mol. The molecule has 1 aliphatic heterocycles. The van der Waals surface area contributed by atoms with Crippen LogP contribution in [0.1, 0.15) is 71.6 Å². The first kappa shape index (κ1) is 21.1. The van der Waals surface area contributed by atoms with E-state index in [9.17, 15) is 13.2 Å². The number of hydrogen-bond acceptors (Lipinski definition) is 3. The highest BCUT2D eigenvalue weighted by Crippen LogP contribution is 2.30. The number of amides is 1. The number of fused-ring (bicyclic) bond motifs is 1. The van der Waals surface area contributed by atoms with Crippen LogP contribution in [-0.2, 0) is 16.4 Å². The fraction of sp³-hybridized carbons (Fsp3) is 0.458. The molecule has 0 unspecified atom stereocenters. The quantitative estimate of drug-likeness (QED) is 0.790. The first-order valence-corrected chi connectivity index (χ1v) is 12.4. The van der Waals surface area contributed by atoms with Crippen molar-refractivity contribution >= 4 is 15.9 Å². The summed E-state index contributed by atoms with van der Waals surface area (Å²) in [5.41, 5.74) is 3.67. The third-order valence-corrected chi connectivity index (χ3v) is 8.23. The Kier molecular flexibility index (Phi) is 6.25.